The first-order chi connectivity index (χ1) is 6.34. The molecule has 1 aromatic carbocycles. The van der Waals surface area contributed by atoms with E-state index in [0.29, 0.717) is 0 Å². The number of aromatic nitrogens is 2. The Labute approximate surface area is 75.8 Å². The minimum Gasteiger partial charge on any atom is -0.340 e. The maximum Gasteiger partial charge on any atom is 0.115 e. The number of nitrogens with zero attached hydrogens (tertiary/aromatic N) is 1. The molecule has 0 unspecified atom stereocenters. The fraction of sp³-hybridized carbons (Fsp3) is 0.0909. The summed E-state index contributed by atoms with van der Waals surface area (Å²) in [6.45, 7) is 2.11. The van der Waals surface area contributed by atoms with Crippen molar-refractivity contribution >= 4 is 16.7 Å². The van der Waals surface area contributed by atoms with Crippen LogP contribution in [0.1, 0.15) is 5.56 Å². The first-order valence-electron chi connectivity index (χ1n) is 4.40. The van der Waals surface area contributed by atoms with Gasteiger partial charge in [0, 0.05) is 6.20 Å². The number of para-hydroxylation sites is 2. The molecule has 2 aromatic heterocycles. The molecule has 1 N–H and O–H groups in total. The Balaban J connectivity index is 2.60. The molecule has 0 spiro atoms. The molecule has 0 saturated carbocycles. The smallest absolute Gasteiger partial charge is 0.115 e. The van der Waals surface area contributed by atoms with Gasteiger partial charge in [0.05, 0.1) is 11.0 Å². The van der Waals surface area contributed by atoms with Crippen molar-refractivity contribution in [1.29, 1.82) is 0 Å². The van der Waals surface area contributed by atoms with Gasteiger partial charge in [0.1, 0.15) is 5.65 Å². The fourth-order valence-electron chi connectivity index (χ4n) is 1.82. The van der Waals surface area contributed by atoms with Gasteiger partial charge in [-0.05, 0) is 30.7 Å². The van der Waals surface area contributed by atoms with Crippen LogP contribution in [0.5, 0.6) is 0 Å². The van der Waals surface area contributed by atoms with Crippen molar-refractivity contribution in [1.82, 2.24) is 9.38 Å². The average Bonchev–Trinajstić information content (AvgIpc) is 2.60. The third kappa shape index (κ3) is 0.827. The summed E-state index contributed by atoms with van der Waals surface area (Å²) in [6, 6.07) is 10.5. The third-order valence-electron chi connectivity index (χ3n) is 2.38. The Morgan fingerprint density at radius 3 is 3.00 bits per heavy atom. The lowest BCUT2D eigenvalue weighted by Gasteiger charge is -1.88. The van der Waals surface area contributed by atoms with E-state index >= 15 is 0 Å². The van der Waals surface area contributed by atoms with Gasteiger partial charge >= 0.3 is 0 Å². The molecule has 0 aliphatic rings. The van der Waals surface area contributed by atoms with Gasteiger partial charge in [-0.3, -0.25) is 0 Å². The van der Waals surface area contributed by atoms with Crippen LogP contribution in [0, 0.1) is 6.92 Å². The highest BCUT2D eigenvalue weighted by Gasteiger charge is 2.02. The lowest BCUT2D eigenvalue weighted by atomic mass is 10.3. The number of aromatic amines is 1. The molecule has 2 heteroatoms. The monoisotopic (exact) mass is 170 g/mol. The second-order valence-electron chi connectivity index (χ2n) is 3.41. The molecule has 0 atom stereocenters. The molecule has 0 saturated heterocycles. The van der Waals surface area contributed by atoms with Crippen molar-refractivity contribution in [2.75, 3.05) is 0 Å². The summed E-state index contributed by atoms with van der Waals surface area (Å²) in [5.74, 6) is 0. The molecule has 0 fully saturated rings. The Morgan fingerprint density at radius 1 is 1.23 bits per heavy atom. The fourth-order valence-corrected chi connectivity index (χ4v) is 1.82. The zero-order chi connectivity index (χ0) is 8.84. The lowest BCUT2D eigenvalue weighted by molar-refractivity contribution is 1.26. The molecular weight excluding hydrogens is 160 g/mol. The Kier molecular flexibility index (Phi) is 1.13. The summed E-state index contributed by atoms with van der Waals surface area (Å²) in [5, 5.41) is 0. The normalized spacial score (nSPS) is 11.5. The lowest BCUT2D eigenvalue weighted by Crippen LogP contribution is -1.74. The van der Waals surface area contributed by atoms with Crippen LogP contribution in [-0.2, 0) is 0 Å². The largest absolute Gasteiger partial charge is 0.340 e. The number of benzene rings is 1. The number of aryl methyl sites for hydroxylation is 1. The van der Waals surface area contributed by atoms with Crippen LogP contribution in [0.15, 0.2) is 36.5 Å². The molecule has 0 bridgehead atoms. The Hall–Kier alpha value is -1.70. The molecule has 0 aliphatic carbocycles. The van der Waals surface area contributed by atoms with Crippen molar-refractivity contribution < 1.29 is 0 Å². The standard InChI is InChI=1S/C11H10N2/c1-8-6-11-12-9-4-2-3-5-10(9)13(11)7-8/h2-7,12H,1H3. The topological polar surface area (TPSA) is 20.2 Å². The number of hydrogen-bond donors (Lipinski definition) is 1. The summed E-state index contributed by atoms with van der Waals surface area (Å²) in [7, 11) is 0. The van der Waals surface area contributed by atoms with E-state index in [1.165, 1.54) is 22.2 Å². The zero-order valence-electron chi connectivity index (χ0n) is 7.41. The van der Waals surface area contributed by atoms with Crippen LogP contribution in [0.3, 0.4) is 0 Å². The van der Waals surface area contributed by atoms with Crippen molar-refractivity contribution in [3.63, 3.8) is 0 Å². The Morgan fingerprint density at radius 2 is 2.08 bits per heavy atom. The van der Waals surface area contributed by atoms with E-state index in [9.17, 15) is 0 Å². The second-order valence-corrected chi connectivity index (χ2v) is 3.41. The molecule has 13 heavy (non-hydrogen) atoms. The number of H-pyrrole nitrogens is 1. The summed E-state index contributed by atoms with van der Waals surface area (Å²) in [6.07, 6.45) is 2.15. The predicted molar refractivity (Wildman–Crippen MR) is 54.0 cm³/mol. The zero-order valence-corrected chi connectivity index (χ0v) is 7.41. The van der Waals surface area contributed by atoms with E-state index in [0.717, 1.165) is 0 Å². The number of nitrogens with one attached hydrogen (secondary N) is 1. The van der Waals surface area contributed by atoms with Gasteiger partial charge in [-0.15, -0.1) is 0 Å². The maximum atomic E-state index is 3.36. The molecular formula is C11H10N2. The average molecular weight is 170 g/mol. The quantitative estimate of drug-likeness (QED) is 0.535. The van der Waals surface area contributed by atoms with Crippen molar-refractivity contribution in [2.45, 2.75) is 6.92 Å². The minimum atomic E-state index is 1.17. The van der Waals surface area contributed by atoms with Crippen LogP contribution >= 0.6 is 0 Å². The molecule has 0 radical (unpaired) electrons. The summed E-state index contributed by atoms with van der Waals surface area (Å²) in [5.41, 5.74) is 4.89. The highest BCUT2D eigenvalue weighted by molar-refractivity contribution is 5.80. The van der Waals surface area contributed by atoms with Gasteiger partial charge in [0.15, 0.2) is 0 Å². The van der Waals surface area contributed by atoms with Gasteiger partial charge < -0.3 is 9.38 Å². The van der Waals surface area contributed by atoms with Gasteiger partial charge in [0.2, 0.25) is 0 Å². The molecule has 2 heterocycles. The van der Waals surface area contributed by atoms with Crippen molar-refractivity contribution in [3.05, 3.63) is 42.1 Å². The van der Waals surface area contributed by atoms with Crippen LogP contribution in [0.25, 0.3) is 16.7 Å². The SMILES string of the molecule is Cc1cc2[nH]c3ccccc3n2c1. The minimum absolute atomic E-state index is 1.17. The van der Waals surface area contributed by atoms with E-state index in [1.54, 1.807) is 0 Å². The molecule has 0 amide bonds. The van der Waals surface area contributed by atoms with E-state index in [1.807, 2.05) is 6.07 Å². The predicted octanol–water partition coefficient (Wildman–Crippen LogP) is 2.73. The van der Waals surface area contributed by atoms with E-state index in [-0.39, 0.29) is 0 Å². The second kappa shape index (κ2) is 2.16. The Bertz CT molecular complexity index is 572. The van der Waals surface area contributed by atoms with Crippen LogP contribution < -0.4 is 0 Å². The summed E-state index contributed by atoms with van der Waals surface area (Å²) < 4.78 is 2.19. The molecule has 2 nitrogen and oxygen atoms in total. The van der Waals surface area contributed by atoms with Crippen LogP contribution in [0.2, 0.25) is 0 Å². The first-order valence-corrected chi connectivity index (χ1v) is 4.40. The van der Waals surface area contributed by atoms with Crippen LogP contribution in [-0.4, -0.2) is 9.38 Å². The van der Waals surface area contributed by atoms with E-state index in [4.69, 9.17) is 0 Å². The molecule has 64 valence electrons. The molecule has 3 rings (SSSR count). The number of imidazole rings is 1. The van der Waals surface area contributed by atoms with Gasteiger partial charge in [-0.2, -0.15) is 0 Å². The highest BCUT2D eigenvalue weighted by atomic mass is 15.0. The van der Waals surface area contributed by atoms with Crippen molar-refractivity contribution in [2.24, 2.45) is 0 Å². The molecule has 0 aliphatic heterocycles. The summed E-state index contributed by atoms with van der Waals surface area (Å²) >= 11 is 0. The first kappa shape index (κ1) is 6.78. The maximum absolute atomic E-state index is 3.36. The number of rotatable bonds is 0. The highest BCUT2D eigenvalue weighted by Crippen LogP contribution is 2.17. The van der Waals surface area contributed by atoms with Gasteiger partial charge in [0.25, 0.3) is 0 Å². The number of fused-ring (bicyclic) bond motifs is 3. The van der Waals surface area contributed by atoms with Gasteiger partial charge in [-0.25, -0.2) is 0 Å². The molecule has 3 aromatic rings. The summed E-state index contributed by atoms with van der Waals surface area (Å²) in [4.78, 5) is 3.36. The van der Waals surface area contributed by atoms with Gasteiger partial charge in [-0.1, -0.05) is 12.1 Å². The van der Waals surface area contributed by atoms with Crippen molar-refractivity contribution in [3.8, 4) is 0 Å². The number of hydrogen-bond acceptors (Lipinski definition) is 0. The van der Waals surface area contributed by atoms with E-state index in [2.05, 4.69) is 46.8 Å². The third-order valence-corrected chi connectivity index (χ3v) is 2.38. The van der Waals surface area contributed by atoms with Crippen LogP contribution in [0.4, 0.5) is 0 Å². The van der Waals surface area contributed by atoms with E-state index < -0.39 is 0 Å².